The third-order valence-electron chi connectivity index (χ3n) is 2.04. The summed E-state index contributed by atoms with van der Waals surface area (Å²) in [7, 11) is 0. The first-order valence-corrected chi connectivity index (χ1v) is 5.42. The molecule has 1 amide bonds. The van der Waals surface area contributed by atoms with E-state index in [2.05, 4.69) is 0 Å². The van der Waals surface area contributed by atoms with Crippen molar-refractivity contribution in [2.24, 2.45) is 0 Å². The predicted octanol–water partition coefficient (Wildman–Crippen LogP) is 0.539. The van der Waals surface area contributed by atoms with E-state index in [1.54, 1.807) is 4.90 Å². The number of hydrogen-bond donors (Lipinski definition) is 0. The zero-order valence-corrected chi connectivity index (χ0v) is 7.97. The standard InChI is InChI=1S/C8H13NO2S/c1-12-6-8(11)9-4-2-3-7(9)5-10/h5,7H,2-4,6H2,1H3. The minimum absolute atomic E-state index is 0.0945. The Labute approximate surface area is 76.5 Å². The first-order chi connectivity index (χ1) is 5.79. The van der Waals surface area contributed by atoms with Crippen molar-refractivity contribution < 1.29 is 9.59 Å². The van der Waals surface area contributed by atoms with Gasteiger partial charge in [-0.15, -0.1) is 0 Å². The van der Waals surface area contributed by atoms with E-state index in [1.165, 1.54) is 11.8 Å². The first-order valence-electron chi connectivity index (χ1n) is 4.03. The summed E-state index contributed by atoms with van der Waals surface area (Å²) in [5, 5.41) is 0. The average molecular weight is 187 g/mol. The Hall–Kier alpha value is -0.510. The zero-order chi connectivity index (χ0) is 8.97. The van der Waals surface area contributed by atoms with Crippen LogP contribution in [-0.2, 0) is 9.59 Å². The first kappa shape index (κ1) is 9.58. The molecule has 68 valence electrons. The lowest BCUT2D eigenvalue weighted by Gasteiger charge is -2.19. The molecule has 0 saturated carbocycles. The lowest BCUT2D eigenvalue weighted by Crippen LogP contribution is -2.37. The summed E-state index contributed by atoms with van der Waals surface area (Å²) in [6.45, 7) is 0.753. The molecule has 1 heterocycles. The molecule has 0 bridgehead atoms. The van der Waals surface area contributed by atoms with Crippen LogP contribution in [0, 0.1) is 0 Å². The second-order valence-electron chi connectivity index (χ2n) is 2.87. The zero-order valence-electron chi connectivity index (χ0n) is 7.16. The Morgan fingerprint density at radius 1 is 1.75 bits per heavy atom. The number of carbonyl (C=O) groups excluding carboxylic acids is 2. The summed E-state index contributed by atoms with van der Waals surface area (Å²) in [5.41, 5.74) is 0. The van der Waals surface area contributed by atoms with E-state index >= 15 is 0 Å². The molecular formula is C8H13NO2S. The van der Waals surface area contributed by atoms with Crippen molar-refractivity contribution in [1.82, 2.24) is 4.90 Å². The van der Waals surface area contributed by atoms with Gasteiger partial charge < -0.3 is 9.69 Å². The molecule has 1 aliphatic heterocycles. The number of rotatable bonds is 3. The number of nitrogens with zero attached hydrogens (tertiary/aromatic N) is 1. The van der Waals surface area contributed by atoms with Gasteiger partial charge in [0.1, 0.15) is 6.29 Å². The van der Waals surface area contributed by atoms with Crippen LogP contribution in [0.25, 0.3) is 0 Å². The van der Waals surface area contributed by atoms with E-state index in [0.717, 1.165) is 25.7 Å². The molecule has 0 spiro atoms. The normalized spacial score (nSPS) is 22.8. The minimum atomic E-state index is -0.148. The Morgan fingerprint density at radius 3 is 3.08 bits per heavy atom. The van der Waals surface area contributed by atoms with Crippen LogP contribution in [0.4, 0.5) is 0 Å². The highest BCUT2D eigenvalue weighted by Gasteiger charge is 2.27. The van der Waals surface area contributed by atoms with Gasteiger partial charge in [0.15, 0.2) is 0 Å². The van der Waals surface area contributed by atoms with Crippen LogP contribution in [0.2, 0.25) is 0 Å². The maximum Gasteiger partial charge on any atom is 0.233 e. The fourth-order valence-electron chi connectivity index (χ4n) is 1.45. The van der Waals surface area contributed by atoms with E-state index in [4.69, 9.17) is 0 Å². The largest absolute Gasteiger partial charge is 0.332 e. The molecule has 1 aliphatic rings. The number of thioether (sulfide) groups is 1. The van der Waals surface area contributed by atoms with Gasteiger partial charge in [0.2, 0.25) is 5.91 Å². The number of aldehydes is 1. The number of amides is 1. The summed E-state index contributed by atoms with van der Waals surface area (Å²) in [6.07, 6.45) is 4.57. The van der Waals surface area contributed by atoms with Crippen LogP contribution in [0.15, 0.2) is 0 Å². The van der Waals surface area contributed by atoms with Crippen molar-refractivity contribution >= 4 is 24.0 Å². The Bertz CT molecular complexity index is 184. The van der Waals surface area contributed by atoms with Gasteiger partial charge in [-0.3, -0.25) is 4.79 Å². The van der Waals surface area contributed by atoms with Crippen LogP contribution >= 0.6 is 11.8 Å². The minimum Gasteiger partial charge on any atom is -0.332 e. The van der Waals surface area contributed by atoms with Gasteiger partial charge in [0.25, 0.3) is 0 Å². The second kappa shape index (κ2) is 4.50. The molecule has 12 heavy (non-hydrogen) atoms. The van der Waals surface area contributed by atoms with Crippen molar-refractivity contribution in [2.75, 3.05) is 18.6 Å². The van der Waals surface area contributed by atoms with Crippen molar-refractivity contribution in [2.45, 2.75) is 18.9 Å². The fraction of sp³-hybridized carbons (Fsp3) is 0.750. The summed E-state index contributed by atoms with van der Waals surface area (Å²) in [6, 6.07) is -0.148. The van der Waals surface area contributed by atoms with Gasteiger partial charge in [-0.25, -0.2) is 0 Å². The maximum atomic E-state index is 11.4. The third-order valence-corrected chi connectivity index (χ3v) is 2.58. The summed E-state index contributed by atoms with van der Waals surface area (Å²) in [4.78, 5) is 23.6. The van der Waals surface area contributed by atoms with Crippen LogP contribution in [0.3, 0.4) is 0 Å². The van der Waals surface area contributed by atoms with Gasteiger partial charge in [-0.05, 0) is 19.1 Å². The van der Waals surface area contributed by atoms with Crippen molar-refractivity contribution in [3.8, 4) is 0 Å². The molecule has 0 N–H and O–H groups in total. The van der Waals surface area contributed by atoms with Crippen LogP contribution < -0.4 is 0 Å². The Kier molecular flexibility index (Phi) is 3.59. The fourth-order valence-corrected chi connectivity index (χ4v) is 1.86. The Morgan fingerprint density at radius 2 is 2.50 bits per heavy atom. The quantitative estimate of drug-likeness (QED) is 0.605. The monoisotopic (exact) mass is 187 g/mol. The van der Waals surface area contributed by atoms with Crippen molar-refractivity contribution in [1.29, 1.82) is 0 Å². The van der Waals surface area contributed by atoms with Crippen molar-refractivity contribution in [3.63, 3.8) is 0 Å². The topological polar surface area (TPSA) is 37.4 Å². The summed E-state index contributed by atoms with van der Waals surface area (Å²) in [5.74, 6) is 0.585. The van der Waals surface area contributed by atoms with Gasteiger partial charge in [-0.1, -0.05) is 0 Å². The molecular weight excluding hydrogens is 174 g/mol. The summed E-state index contributed by atoms with van der Waals surface area (Å²) < 4.78 is 0. The van der Waals surface area contributed by atoms with Gasteiger partial charge >= 0.3 is 0 Å². The van der Waals surface area contributed by atoms with Crippen LogP contribution in [0.5, 0.6) is 0 Å². The highest BCUT2D eigenvalue weighted by Crippen LogP contribution is 2.16. The second-order valence-corrected chi connectivity index (χ2v) is 3.73. The van der Waals surface area contributed by atoms with Gasteiger partial charge in [-0.2, -0.15) is 11.8 Å². The van der Waals surface area contributed by atoms with E-state index in [1.807, 2.05) is 6.26 Å². The smallest absolute Gasteiger partial charge is 0.233 e. The molecule has 1 saturated heterocycles. The van der Waals surface area contributed by atoms with Crippen LogP contribution in [0.1, 0.15) is 12.8 Å². The van der Waals surface area contributed by atoms with E-state index in [9.17, 15) is 9.59 Å². The van der Waals surface area contributed by atoms with E-state index < -0.39 is 0 Å². The lowest BCUT2D eigenvalue weighted by atomic mass is 10.2. The molecule has 0 aromatic heterocycles. The highest BCUT2D eigenvalue weighted by molar-refractivity contribution is 7.99. The molecule has 1 unspecified atom stereocenters. The molecule has 1 fully saturated rings. The van der Waals surface area contributed by atoms with E-state index in [-0.39, 0.29) is 11.9 Å². The van der Waals surface area contributed by atoms with Gasteiger partial charge in [0.05, 0.1) is 11.8 Å². The van der Waals surface area contributed by atoms with E-state index in [0.29, 0.717) is 5.75 Å². The molecule has 0 radical (unpaired) electrons. The van der Waals surface area contributed by atoms with Gasteiger partial charge in [0, 0.05) is 6.54 Å². The highest BCUT2D eigenvalue weighted by atomic mass is 32.2. The number of carbonyl (C=O) groups is 2. The van der Waals surface area contributed by atoms with Crippen molar-refractivity contribution in [3.05, 3.63) is 0 Å². The van der Waals surface area contributed by atoms with Crippen LogP contribution in [-0.4, -0.2) is 41.7 Å². The predicted molar refractivity (Wildman–Crippen MR) is 49.2 cm³/mol. The lowest BCUT2D eigenvalue weighted by molar-refractivity contribution is -0.131. The summed E-state index contributed by atoms with van der Waals surface area (Å²) >= 11 is 1.50. The SMILES string of the molecule is CSCC(=O)N1CCCC1C=O. The molecule has 1 atom stereocenters. The Balaban J connectivity index is 2.49. The third kappa shape index (κ3) is 2.00. The maximum absolute atomic E-state index is 11.4. The molecule has 3 nitrogen and oxygen atoms in total. The number of hydrogen-bond acceptors (Lipinski definition) is 3. The number of likely N-dealkylation sites (tertiary alicyclic amines) is 1. The molecule has 0 aromatic carbocycles. The molecule has 1 rings (SSSR count). The molecule has 0 aromatic rings. The molecule has 4 heteroatoms. The molecule has 0 aliphatic carbocycles. The average Bonchev–Trinajstić information content (AvgIpc) is 2.51.